The number of carbonyl (C=O) groups excluding carboxylic acids is 1. The molecule has 0 aliphatic carbocycles. The van der Waals surface area contributed by atoms with Gasteiger partial charge >= 0.3 is 5.97 Å². The zero-order chi connectivity index (χ0) is 14.4. The van der Waals surface area contributed by atoms with Gasteiger partial charge in [0.25, 0.3) is 0 Å². The van der Waals surface area contributed by atoms with Gasteiger partial charge in [-0.15, -0.1) is 0 Å². The third kappa shape index (κ3) is 4.47. The van der Waals surface area contributed by atoms with Crippen LogP contribution in [0, 0.1) is 5.92 Å². The van der Waals surface area contributed by atoms with Crippen LogP contribution in [0.5, 0.6) is 0 Å². The van der Waals surface area contributed by atoms with E-state index in [1.165, 1.54) is 0 Å². The van der Waals surface area contributed by atoms with Crippen molar-refractivity contribution in [2.24, 2.45) is 5.92 Å². The number of nitrogens with zero attached hydrogens (tertiary/aromatic N) is 1. The maximum Gasteiger partial charge on any atom is 0.303 e. The van der Waals surface area contributed by atoms with Crippen LogP contribution in [-0.4, -0.2) is 47.6 Å². The minimum Gasteiger partial charge on any atom is -0.481 e. The Morgan fingerprint density at radius 1 is 1.20 bits per heavy atom. The fourth-order valence-corrected chi connectivity index (χ4v) is 3.38. The van der Waals surface area contributed by atoms with Crippen molar-refractivity contribution in [2.75, 3.05) is 19.6 Å². The van der Waals surface area contributed by atoms with E-state index in [2.05, 4.69) is 5.32 Å². The van der Waals surface area contributed by atoms with E-state index in [0.717, 1.165) is 51.7 Å². The summed E-state index contributed by atoms with van der Waals surface area (Å²) in [6.45, 7) is 2.82. The third-order valence-electron chi connectivity index (χ3n) is 4.50. The lowest BCUT2D eigenvalue weighted by atomic mass is 9.93. The number of carboxylic acid groups (broad SMARTS) is 1. The number of likely N-dealkylation sites (tertiary alicyclic amines) is 1. The van der Waals surface area contributed by atoms with E-state index in [1.54, 1.807) is 0 Å². The molecule has 1 amide bonds. The number of amides is 1. The molecule has 2 heterocycles. The lowest BCUT2D eigenvalue weighted by Gasteiger charge is -2.37. The van der Waals surface area contributed by atoms with Gasteiger partial charge in [0.2, 0.25) is 5.91 Å². The molecule has 0 radical (unpaired) electrons. The summed E-state index contributed by atoms with van der Waals surface area (Å²) in [6.07, 6.45) is 6.80. The van der Waals surface area contributed by atoms with Gasteiger partial charge in [0.15, 0.2) is 0 Å². The Hall–Kier alpha value is -1.10. The van der Waals surface area contributed by atoms with E-state index in [4.69, 9.17) is 5.11 Å². The molecule has 2 aliphatic rings. The molecule has 5 nitrogen and oxygen atoms in total. The topological polar surface area (TPSA) is 69.6 Å². The van der Waals surface area contributed by atoms with Crippen molar-refractivity contribution in [3.63, 3.8) is 0 Å². The fourth-order valence-electron chi connectivity index (χ4n) is 3.38. The molecule has 2 rings (SSSR count). The van der Waals surface area contributed by atoms with E-state index >= 15 is 0 Å². The van der Waals surface area contributed by atoms with Gasteiger partial charge in [0.05, 0.1) is 0 Å². The molecule has 0 aromatic heterocycles. The van der Waals surface area contributed by atoms with Gasteiger partial charge in [-0.2, -0.15) is 0 Å². The Kier molecular flexibility index (Phi) is 5.83. The van der Waals surface area contributed by atoms with Crippen LogP contribution >= 0.6 is 0 Å². The summed E-state index contributed by atoms with van der Waals surface area (Å²) in [7, 11) is 0. The number of nitrogens with one attached hydrogen (secondary N) is 1. The Morgan fingerprint density at radius 2 is 2.05 bits per heavy atom. The summed E-state index contributed by atoms with van der Waals surface area (Å²) in [4.78, 5) is 25.2. The maximum absolute atomic E-state index is 12.5. The minimum atomic E-state index is -0.764. The van der Waals surface area contributed by atoms with Gasteiger partial charge < -0.3 is 15.3 Å². The third-order valence-corrected chi connectivity index (χ3v) is 4.50. The summed E-state index contributed by atoms with van der Waals surface area (Å²) < 4.78 is 0. The Morgan fingerprint density at radius 3 is 2.75 bits per heavy atom. The molecule has 0 aromatic rings. The van der Waals surface area contributed by atoms with Gasteiger partial charge in [0, 0.05) is 25.4 Å². The average molecular weight is 282 g/mol. The Bertz CT molecular complexity index is 340. The van der Waals surface area contributed by atoms with Crippen LogP contribution in [0.2, 0.25) is 0 Å². The molecule has 0 aromatic carbocycles. The highest BCUT2D eigenvalue weighted by Crippen LogP contribution is 2.24. The summed E-state index contributed by atoms with van der Waals surface area (Å²) in [5, 5.41) is 12.2. The Balaban J connectivity index is 1.85. The molecule has 2 N–H and O–H groups in total. The van der Waals surface area contributed by atoms with E-state index in [9.17, 15) is 9.59 Å². The molecule has 5 heteroatoms. The van der Waals surface area contributed by atoms with E-state index in [0.29, 0.717) is 18.8 Å². The Labute approximate surface area is 120 Å². The van der Waals surface area contributed by atoms with Crippen molar-refractivity contribution in [2.45, 2.75) is 57.4 Å². The summed E-state index contributed by atoms with van der Waals surface area (Å²) >= 11 is 0. The van der Waals surface area contributed by atoms with Crippen LogP contribution < -0.4 is 5.32 Å². The molecule has 0 bridgehead atoms. The first-order valence-electron chi connectivity index (χ1n) is 7.89. The molecule has 114 valence electrons. The van der Waals surface area contributed by atoms with Crippen molar-refractivity contribution in [1.29, 1.82) is 0 Å². The van der Waals surface area contributed by atoms with Crippen LogP contribution in [0.3, 0.4) is 0 Å². The summed E-state index contributed by atoms with van der Waals surface area (Å²) in [5.41, 5.74) is 0. The number of hydrogen-bond donors (Lipinski definition) is 2. The fraction of sp³-hybridized carbons (Fsp3) is 0.867. The second-order valence-corrected chi connectivity index (χ2v) is 6.09. The molecule has 0 spiro atoms. The number of piperidine rings is 2. The first kappa shape index (κ1) is 15.3. The molecule has 2 atom stereocenters. The van der Waals surface area contributed by atoms with Crippen LogP contribution in [0.25, 0.3) is 0 Å². The molecule has 2 saturated heterocycles. The van der Waals surface area contributed by atoms with Crippen molar-refractivity contribution in [1.82, 2.24) is 10.2 Å². The van der Waals surface area contributed by atoms with Crippen LogP contribution in [0.15, 0.2) is 0 Å². The van der Waals surface area contributed by atoms with Gasteiger partial charge in [0.1, 0.15) is 0 Å². The van der Waals surface area contributed by atoms with Gasteiger partial charge in [-0.1, -0.05) is 0 Å². The minimum absolute atomic E-state index is 0.142. The first-order chi connectivity index (χ1) is 9.66. The van der Waals surface area contributed by atoms with Crippen molar-refractivity contribution < 1.29 is 14.7 Å². The summed E-state index contributed by atoms with van der Waals surface area (Å²) in [6, 6.07) is 0.142. The zero-order valence-electron chi connectivity index (χ0n) is 12.1. The number of aliphatic carboxylic acids is 1. The van der Waals surface area contributed by atoms with E-state index < -0.39 is 5.97 Å². The maximum atomic E-state index is 12.5. The lowest BCUT2D eigenvalue weighted by molar-refractivity contribution is -0.140. The molecule has 20 heavy (non-hydrogen) atoms. The monoisotopic (exact) mass is 282 g/mol. The van der Waals surface area contributed by atoms with Gasteiger partial charge in [-0.25, -0.2) is 0 Å². The quantitative estimate of drug-likeness (QED) is 0.804. The lowest BCUT2D eigenvalue weighted by Crippen LogP contribution is -2.45. The normalized spacial score (nSPS) is 27.3. The highest BCUT2D eigenvalue weighted by molar-refractivity contribution is 5.77. The second-order valence-electron chi connectivity index (χ2n) is 6.09. The molecule has 2 fully saturated rings. The predicted octanol–water partition coefficient (Wildman–Crippen LogP) is 1.62. The average Bonchev–Trinajstić information content (AvgIpc) is 2.46. The zero-order valence-corrected chi connectivity index (χ0v) is 12.1. The standard InChI is InChI=1S/C15H26N2O3/c18-14(10-12-4-3-8-16-11-12)17-9-2-1-5-13(17)6-7-15(19)20/h12-13,16H,1-11H2,(H,19,20). The number of carbonyl (C=O) groups is 2. The van der Waals surface area contributed by atoms with E-state index in [1.807, 2.05) is 4.90 Å². The van der Waals surface area contributed by atoms with Gasteiger partial charge in [-0.3, -0.25) is 9.59 Å². The summed E-state index contributed by atoms with van der Waals surface area (Å²) in [5.74, 6) is -0.0773. The van der Waals surface area contributed by atoms with Gasteiger partial charge in [-0.05, 0) is 57.5 Å². The molecule has 0 saturated carbocycles. The molecule has 2 aliphatic heterocycles. The molecule has 2 unspecified atom stereocenters. The van der Waals surface area contributed by atoms with Crippen LogP contribution in [-0.2, 0) is 9.59 Å². The second kappa shape index (κ2) is 7.62. The number of rotatable bonds is 5. The molecular formula is C15H26N2O3. The highest BCUT2D eigenvalue weighted by atomic mass is 16.4. The first-order valence-corrected chi connectivity index (χ1v) is 7.89. The molecular weight excluding hydrogens is 256 g/mol. The van der Waals surface area contributed by atoms with Crippen LogP contribution in [0.4, 0.5) is 0 Å². The number of carboxylic acids is 1. The SMILES string of the molecule is O=C(O)CCC1CCCCN1C(=O)CC1CCCNC1. The van der Waals surface area contributed by atoms with Crippen molar-refractivity contribution in [3.05, 3.63) is 0 Å². The smallest absolute Gasteiger partial charge is 0.303 e. The number of hydrogen-bond acceptors (Lipinski definition) is 3. The predicted molar refractivity (Wildman–Crippen MR) is 76.4 cm³/mol. The largest absolute Gasteiger partial charge is 0.481 e. The van der Waals surface area contributed by atoms with Crippen molar-refractivity contribution >= 4 is 11.9 Å². The van der Waals surface area contributed by atoms with Crippen LogP contribution in [0.1, 0.15) is 51.4 Å². The van der Waals surface area contributed by atoms with Crippen molar-refractivity contribution in [3.8, 4) is 0 Å². The van der Waals surface area contributed by atoms with E-state index in [-0.39, 0.29) is 18.4 Å². The highest BCUT2D eigenvalue weighted by Gasteiger charge is 2.28.